The van der Waals surface area contributed by atoms with Gasteiger partial charge in [0.05, 0.1) is 7.11 Å². The second-order valence-electron chi connectivity index (χ2n) is 4.29. The van der Waals surface area contributed by atoms with E-state index < -0.39 is 0 Å². The minimum Gasteiger partial charge on any atom is -0.496 e. The number of aromatic amines is 1. The van der Waals surface area contributed by atoms with Crippen LogP contribution in [0, 0.1) is 0 Å². The van der Waals surface area contributed by atoms with Crippen LogP contribution in [0.5, 0.6) is 5.75 Å². The fourth-order valence-electron chi connectivity index (χ4n) is 2.01. The van der Waals surface area contributed by atoms with E-state index in [2.05, 4.69) is 28.5 Å². The summed E-state index contributed by atoms with van der Waals surface area (Å²) in [6.45, 7) is 1.91. The van der Waals surface area contributed by atoms with Crippen molar-refractivity contribution in [3.8, 4) is 5.75 Å². The first-order valence-corrected chi connectivity index (χ1v) is 6.35. The van der Waals surface area contributed by atoms with Gasteiger partial charge in [-0.3, -0.25) is 0 Å². The van der Waals surface area contributed by atoms with E-state index in [1.165, 1.54) is 11.3 Å². The second-order valence-corrected chi connectivity index (χ2v) is 4.29. The molecule has 0 saturated carbocycles. The summed E-state index contributed by atoms with van der Waals surface area (Å²) in [5.41, 5.74) is 2.51. The molecule has 0 unspecified atom stereocenters. The summed E-state index contributed by atoms with van der Waals surface area (Å²) in [4.78, 5) is 3.18. The topological polar surface area (TPSA) is 37.0 Å². The van der Waals surface area contributed by atoms with E-state index in [1.807, 2.05) is 24.4 Å². The van der Waals surface area contributed by atoms with Gasteiger partial charge in [0.15, 0.2) is 0 Å². The molecule has 0 saturated heterocycles. The summed E-state index contributed by atoms with van der Waals surface area (Å²) in [7, 11) is 1.72. The van der Waals surface area contributed by atoms with Gasteiger partial charge in [-0.2, -0.15) is 0 Å². The van der Waals surface area contributed by atoms with Crippen molar-refractivity contribution in [2.24, 2.45) is 0 Å². The third kappa shape index (κ3) is 4.97. The van der Waals surface area contributed by atoms with Gasteiger partial charge in [0.2, 0.25) is 0 Å². The van der Waals surface area contributed by atoms with Crippen molar-refractivity contribution in [2.75, 3.05) is 13.7 Å². The zero-order valence-corrected chi connectivity index (χ0v) is 12.0. The first-order valence-electron chi connectivity index (χ1n) is 6.35. The van der Waals surface area contributed by atoms with Crippen molar-refractivity contribution < 1.29 is 4.74 Å². The molecule has 104 valence electrons. The molecule has 0 spiro atoms. The molecule has 19 heavy (non-hydrogen) atoms. The van der Waals surface area contributed by atoms with Crippen LogP contribution in [0.15, 0.2) is 42.6 Å². The number of H-pyrrole nitrogens is 1. The lowest BCUT2D eigenvalue weighted by Gasteiger charge is -2.08. The minimum absolute atomic E-state index is 0. The normalized spacial score (nSPS) is 9.95. The monoisotopic (exact) mass is 280 g/mol. The summed E-state index contributed by atoms with van der Waals surface area (Å²) >= 11 is 0. The van der Waals surface area contributed by atoms with Crippen molar-refractivity contribution in [3.63, 3.8) is 0 Å². The summed E-state index contributed by atoms with van der Waals surface area (Å²) in [6.07, 6.45) is 4.11. The molecule has 4 heteroatoms. The van der Waals surface area contributed by atoms with Crippen molar-refractivity contribution in [3.05, 3.63) is 53.9 Å². The van der Waals surface area contributed by atoms with Crippen LogP contribution in [0.2, 0.25) is 0 Å². The second kappa shape index (κ2) is 8.62. The number of hydrogen-bond donors (Lipinski definition) is 2. The SMILES string of the molecule is COc1ccccc1CCCNCc1ccc[nH]1.Cl. The molecule has 0 atom stereocenters. The molecule has 1 aromatic heterocycles. The van der Waals surface area contributed by atoms with Crippen LogP contribution in [-0.2, 0) is 13.0 Å². The van der Waals surface area contributed by atoms with Crippen LogP contribution < -0.4 is 10.1 Å². The largest absolute Gasteiger partial charge is 0.496 e. The number of benzene rings is 1. The molecular weight excluding hydrogens is 260 g/mol. The van der Waals surface area contributed by atoms with Crippen molar-refractivity contribution in [2.45, 2.75) is 19.4 Å². The molecule has 0 aliphatic heterocycles. The predicted octanol–water partition coefficient (Wildman–Crippen LogP) is 3.17. The van der Waals surface area contributed by atoms with Gasteiger partial charge in [0.25, 0.3) is 0 Å². The zero-order chi connectivity index (χ0) is 12.6. The maximum atomic E-state index is 5.34. The summed E-state index contributed by atoms with van der Waals surface area (Å²) in [5.74, 6) is 0.988. The summed E-state index contributed by atoms with van der Waals surface area (Å²) in [5, 5.41) is 3.42. The van der Waals surface area contributed by atoms with Gasteiger partial charge in [-0.15, -0.1) is 12.4 Å². The Labute approximate surface area is 120 Å². The smallest absolute Gasteiger partial charge is 0.122 e. The Morgan fingerprint density at radius 2 is 2.00 bits per heavy atom. The number of aryl methyl sites for hydroxylation is 1. The van der Waals surface area contributed by atoms with Crippen molar-refractivity contribution in [1.29, 1.82) is 0 Å². The third-order valence-corrected chi connectivity index (χ3v) is 2.97. The zero-order valence-electron chi connectivity index (χ0n) is 11.2. The highest BCUT2D eigenvalue weighted by molar-refractivity contribution is 5.85. The number of methoxy groups -OCH3 is 1. The highest BCUT2D eigenvalue weighted by Crippen LogP contribution is 2.18. The number of halogens is 1. The van der Waals surface area contributed by atoms with E-state index in [0.717, 1.165) is 31.7 Å². The highest BCUT2D eigenvalue weighted by Gasteiger charge is 2.00. The Hall–Kier alpha value is -1.45. The highest BCUT2D eigenvalue weighted by atomic mass is 35.5. The number of ether oxygens (including phenoxy) is 1. The van der Waals surface area contributed by atoms with Crippen LogP contribution in [0.1, 0.15) is 17.7 Å². The van der Waals surface area contributed by atoms with E-state index >= 15 is 0 Å². The third-order valence-electron chi connectivity index (χ3n) is 2.97. The van der Waals surface area contributed by atoms with Crippen LogP contribution >= 0.6 is 12.4 Å². The molecule has 1 aromatic carbocycles. The lowest BCUT2D eigenvalue weighted by Crippen LogP contribution is -2.15. The number of aromatic nitrogens is 1. The van der Waals surface area contributed by atoms with E-state index in [1.54, 1.807) is 7.11 Å². The van der Waals surface area contributed by atoms with Gasteiger partial charge in [0.1, 0.15) is 5.75 Å². The quantitative estimate of drug-likeness (QED) is 0.765. The molecule has 0 bridgehead atoms. The molecule has 0 radical (unpaired) electrons. The molecule has 2 N–H and O–H groups in total. The van der Waals surface area contributed by atoms with Gasteiger partial charge >= 0.3 is 0 Å². The lowest BCUT2D eigenvalue weighted by atomic mass is 10.1. The molecule has 1 heterocycles. The fourth-order valence-corrected chi connectivity index (χ4v) is 2.01. The van der Waals surface area contributed by atoms with Gasteiger partial charge in [-0.05, 0) is 43.1 Å². The van der Waals surface area contributed by atoms with Crippen LogP contribution in [0.25, 0.3) is 0 Å². The first-order chi connectivity index (χ1) is 8.90. The molecule has 0 amide bonds. The Balaban J connectivity index is 0.00000180. The number of nitrogens with one attached hydrogen (secondary N) is 2. The Morgan fingerprint density at radius 3 is 2.74 bits per heavy atom. The molecule has 2 aromatic rings. The van der Waals surface area contributed by atoms with Gasteiger partial charge in [-0.1, -0.05) is 18.2 Å². The number of hydrogen-bond acceptors (Lipinski definition) is 2. The maximum absolute atomic E-state index is 5.34. The average molecular weight is 281 g/mol. The fraction of sp³-hybridized carbons (Fsp3) is 0.333. The number of para-hydroxylation sites is 1. The maximum Gasteiger partial charge on any atom is 0.122 e. The average Bonchev–Trinajstić information content (AvgIpc) is 2.92. The van der Waals surface area contributed by atoms with Crippen LogP contribution in [-0.4, -0.2) is 18.6 Å². The van der Waals surface area contributed by atoms with E-state index in [0.29, 0.717) is 0 Å². The summed E-state index contributed by atoms with van der Waals surface area (Å²) in [6, 6.07) is 12.3. The van der Waals surface area contributed by atoms with Crippen molar-refractivity contribution >= 4 is 12.4 Å². The molecule has 0 aliphatic carbocycles. The molecule has 0 aliphatic rings. The first kappa shape index (κ1) is 15.6. The Kier molecular flexibility index (Phi) is 7.08. The standard InChI is InChI=1S/C15H20N2O.ClH/c1-18-15-9-3-2-6-13(15)7-4-10-16-12-14-8-5-11-17-14;/h2-3,5-6,8-9,11,16-17H,4,7,10,12H2,1H3;1H. The summed E-state index contributed by atoms with van der Waals surface area (Å²) < 4.78 is 5.34. The molecule has 2 rings (SSSR count). The molecule has 3 nitrogen and oxygen atoms in total. The minimum atomic E-state index is 0. The Bertz CT molecular complexity index is 457. The van der Waals surface area contributed by atoms with E-state index in [-0.39, 0.29) is 12.4 Å². The van der Waals surface area contributed by atoms with Crippen molar-refractivity contribution in [1.82, 2.24) is 10.3 Å². The molecule has 0 fully saturated rings. The van der Waals surface area contributed by atoms with Gasteiger partial charge in [0, 0.05) is 18.4 Å². The number of rotatable bonds is 7. The van der Waals surface area contributed by atoms with E-state index in [4.69, 9.17) is 4.74 Å². The van der Waals surface area contributed by atoms with Crippen LogP contribution in [0.3, 0.4) is 0 Å². The predicted molar refractivity (Wildman–Crippen MR) is 81.1 cm³/mol. The van der Waals surface area contributed by atoms with Gasteiger partial charge in [-0.25, -0.2) is 0 Å². The van der Waals surface area contributed by atoms with E-state index in [9.17, 15) is 0 Å². The lowest BCUT2D eigenvalue weighted by molar-refractivity contribution is 0.409. The van der Waals surface area contributed by atoms with Gasteiger partial charge < -0.3 is 15.0 Å². The van der Waals surface area contributed by atoms with Crippen LogP contribution in [0.4, 0.5) is 0 Å². The Morgan fingerprint density at radius 1 is 1.16 bits per heavy atom. The molecular formula is C15H21ClN2O.